The van der Waals surface area contributed by atoms with Crippen molar-refractivity contribution in [2.75, 3.05) is 5.75 Å². The minimum absolute atomic E-state index is 0.206. The van der Waals surface area contributed by atoms with Gasteiger partial charge in [0, 0.05) is 13.0 Å². The highest BCUT2D eigenvalue weighted by Gasteiger charge is 2.36. The molecule has 1 aromatic heterocycles. The average molecular weight is 299 g/mol. The van der Waals surface area contributed by atoms with E-state index >= 15 is 0 Å². The summed E-state index contributed by atoms with van der Waals surface area (Å²) in [6, 6.07) is 0. The third kappa shape index (κ3) is 2.21. The Morgan fingerprint density at radius 3 is 2.75 bits per heavy atom. The van der Waals surface area contributed by atoms with Gasteiger partial charge in [0.05, 0.1) is 11.7 Å². The van der Waals surface area contributed by atoms with Crippen molar-refractivity contribution >= 4 is 15.8 Å². The van der Waals surface area contributed by atoms with Crippen LogP contribution in [0.3, 0.4) is 0 Å². The van der Waals surface area contributed by atoms with E-state index in [9.17, 15) is 13.2 Å². The number of carboxylic acids is 1. The van der Waals surface area contributed by atoms with Crippen molar-refractivity contribution in [2.24, 2.45) is 5.92 Å². The standard InChI is InChI=1S/C12H17N3O4S/c16-12(17)8-4-5-15-10(7-8)13-14-11(15)9-3-1-2-6-20(9,18)19/h8-9H,1-7H2,(H,16,17). The summed E-state index contributed by atoms with van der Waals surface area (Å²) in [5, 5.41) is 16.5. The molecule has 0 bridgehead atoms. The fraction of sp³-hybridized carbons (Fsp3) is 0.750. The minimum Gasteiger partial charge on any atom is -0.481 e. The van der Waals surface area contributed by atoms with Crippen LogP contribution in [-0.4, -0.2) is 40.0 Å². The van der Waals surface area contributed by atoms with Gasteiger partial charge in [-0.05, 0) is 19.3 Å². The molecule has 0 spiro atoms. The lowest BCUT2D eigenvalue weighted by molar-refractivity contribution is -0.142. The molecule has 1 fully saturated rings. The van der Waals surface area contributed by atoms with Crippen LogP contribution in [0.15, 0.2) is 0 Å². The van der Waals surface area contributed by atoms with E-state index in [0.717, 1.165) is 6.42 Å². The van der Waals surface area contributed by atoms with Gasteiger partial charge in [0.25, 0.3) is 0 Å². The van der Waals surface area contributed by atoms with Gasteiger partial charge < -0.3 is 9.67 Å². The van der Waals surface area contributed by atoms with Gasteiger partial charge >= 0.3 is 5.97 Å². The number of rotatable bonds is 2. The second-order valence-corrected chi connectivity index (χ2v) is 7.81. The predicted octanol–water partition coefficient (Wildman–Crippen LogP) is 0.565. The summed E-state index contributed by atoms with van der Waals surface area (Å²) in [6.07, 6.45) is 3.00. The van der Waals surface area contributed by atoms with Crippen molar-refractivity contribution in [1.82, 2.24) is 14.8 Å². The number of aromatic nitrogens is 3. The highest BCUT2D eigenvalue weighted by Crippen LogP contribution is 2.34. The molecular weight excluding hydrogens is 282 g/mol. The number of fused-ring (bicyclic) bond motifs is 1. The van der Waals surface area contributed by atoms with Crippen LogP contribution in [0.1, 0.15) is 42.6 Å². The summed E-state index contributed by atoms with van der Waals surface area (Å²) in [5.41, 5.74) is 0. The van der Waals surface area contributed by atoms with Gasteiger partial charge in [-0.15, -0.1) is 10.2 Å². The molecule has 3 rings (SSSR count). The van der Waals surface area contributed by atoms with Crippen LogP contribution in [0.2, 0.25) is 0 Å². The Bertz CT molecular complexity index is 637. The fourth-order valence-corrected chi connectivity index (χ4v) is 4.96. The molecule has 0 amide bonds. The number of aliphatic carboxylic acids is 1. The van der Waals surface area contributed by atoms with Crippen molar-refractivity contribution in [3.63, 3.8) is 0 Å². The van der Waals surface area contributed by atoms with Gasteiger partial charge in [-0.3, -0.25) is 4.79 Å². The lowest BCUT2D eigenvalue weighted by atomic mass is 9.98. The maximum Gasteiger partial charge on any atom is 0.307 e. The van der Waals surface area contributed by atoms with Gasteiger partial charge in [0.15, 0.2) is 15.7 Å². The highest BCUT2D eigenvalue weighted by atomic mass is 32.2. The molecule has 0 radical (unpaired) electrons. The van der Waals surface area contributed by atoms with Crippen molar-refractivity contribution in [1.29, 1.82) is 0 Å². The van der Waals surface area contributed by atoms with Gasteiger partial charge in [0.2, 0.25) is 0 Å². The third-order valence-electron chi connectivity index (χ3n) is 4.20. The van der Waals surface area contributed by atoms with Crippen molar-refractivity contribution < 1.29 is 18.3 Å². The molecular formula is C12H17N3O4S. The monoisotopic (exact) mass is 299 g/mol. The Balaban J connectivity index is 1.92. The fourth-order valence-electron chi connectivity index (χ4n) is 3.04. The largest absolute Gasteiger partial charge is 0.481 e. The molecule has 1 N–H and O–H groups in total. The number of nitrogens with zero attached hydrogens (tertiary/aromatic N) is 3. The van der Waals surface area contributed by atoms with Crippen LogP contribution in [-0.2, 0) is 27.6 Å². The maximum atomic E-state index is 12.2. The zero-order valence-corrected chi connectivity index (χ0v) is 11.8. The van der Waals surface area contributed by atoms with E-state index in [2.05, 4.69) is 10.2 Å². The van der Waals surface area contributed by atoms with Gasteiger partial charge in [-0.2, -0.15) is 0 Å². The lowest BCUT2D eigenvalue weighted by Crippen LogP contribution is -2.29. The summed E-state index contributed by atoms with van der Waals surface area (Å²) in [4.78, 5) is 11.0. The van der Waals surface area contributed by atoms with Crippen LogP contribution in [0.4, 0.5) is 0 Å². The molecule has 20 heavy (non-hydrogen) atoms. The van der Waals surface area contributed by atoms with Crippen molar-refractivity contribution in [3.05, 3.63) is 11.6 Å². The number of carbonyl (C=O) groups is 1. The maximum absolute atomic E-state index is 12.2. The first-order chi connectivity index (χ1) is 9.49. The van der Waals surface area contributed by atoms with Crippen molar-refractivity contribution in [3.8, 4) is 0 Å². The summed E-state index contributed by atoms with van der Waals surface area (Å²) in [5.74, 6) is 0.0361. The third-order valence-corrected chi connectivity index (χ3v) is 6.37. The molecule has 2 atom stereocenters. The first-order valence-electron chi connectivity index (χ1n) is 6.85. The smallest absolute Gasteiger partial charge is 0.307 e. The Kier molecular flexibility index (Phi) is 3.27. The predicted molar refractivity (Wildman–Crippen MR) is 69.8 cm³/mol. The van der Waals surface area contributed by atoms with E-state index in [1.165, 1.54) is 0 Å². The Hall–Kier alpha value is -1.44. The highest BCUT2D eigenvalue weighted by molar-refractivity contribution is 7.91. The van der Waals surface area contributed by atoms with Crippen LogP contribution in [0.5, 0.6) is 0 Å². The topological polar surface area (TPSA) is 102 Å². The molecule has 110 valence electrons. The Labute approximate surface area is 116 Å². The summed E-state index contributed by atoms with van der Waals surface area (Å²) < 4.78 is 26.1. The molecule has 0 saturated carbocycles. The summed E-state index contributed by atoms with van der Waals surface area (Å²) in [7, 11) is -3.15. The van der Waals surface area contributed by atoms with E-state index in [0.29, 0.717) is 43.9 Å². The first-order valence-corrected chi connectivity index (χ1v) is 8.57. The summed E-state index contributed by atoms with van der Waals surface area (Å²) in [6.45, 7) is 0.487. The number of hydrogen-bond donors (Lipinski definition) is 1. The SMILES string of the molecule is O=C(O)C1CCn2c(nnc2C2CCCCS2(=O)=O)C1. The van der Waals surface area contributed by atoms with E-state index < -0.39 is 27.0 Å². The molecule has 2 aliphatic rings. The normalized spacial score (nSPS) is 28.8. The molecule has 2 unspecified atom stereocenters. The summed E-state index contributed by atoms with van der Waals surface area (Å²) >= 11 is 0. The number of hydrogen-bond acceptors (Lipinski definition) is 5. The second-order valence-electron chi connectivity index (χ2n) is 5.51. The second kappa shape index (κ2) is 4.83. The van der Waals surface area contributed by atoms with Gasteiger partial charge in [-0.25, -0.2) is 8.42 Å². The lowest BCUT2D eigenvalue weighted by Gasteiger charge is -2.25. The Morgan fingerprint density at radius 2 is 2.05 bits per heavy atom. The van der Waals surface area contributed by atoms with Crippen LogP contribution < -0.4 is 0 Å². The first kappa shape index (κ1) is 13.5. The van der Waals surface area contributed by atoms with Crippen molar-refractivity contribution in [2.45, 2.75) is 43.9 Å². The van der Waals surface area contributed by atoms with Gasteiger partial charge in [-0.1, -0.05) is 6.42 Å². The molecule has 0 aromatic carbocycles. The van der Waals surface area contributed by atoms with E-state index in [-0.39, 0.29) is 5.75 Å². The van der Waals surface area contributed by atoms with E-state index in [1.807, 2.05) is 4.57 Å². The number of sulfone groups is 1. The zero-order chi connectivity index (χ0) is 14.3. The quantitative estimate of drug-likeness (QED) is 0.856. The average Bonchev–Trinajstić information content (AvgIpc) is 2.81. The molecule has 7 nitrogen and oxygen atoms in total. The molecule has 8 heteroatoms. The molecule has 1 saturated heterocycles. The van der Waals surface area contributed by atoms with Crippen LogP contribution in [0, 0.1) is 5.92 Å². The molecule has 2 aliphatic heterocycles. The Morgan fingerprint density at radius 1 is 1.25 bits per heavy atom. The van der Waals surface area contributed by atoms with Crippen LogP contribution in [0.25, 0.3) is 0 Å². The number of carboxylic acid groups (broad SMARTS) is 1. The zero-order valence-electron chi connectivity index (χ0n) is 11.0. The molecule has 1 aromatic rings. The minimum atomic E-state index is -3.15. The van der Waals surface area contributed by atoms with E-state index in [1.54, 1.807) is 0 Å². The molecule has 0 aliphatic carbocycles. The van der Waals surface area contributed by atoms with E-state index in [4.69, 9.17) is 5.11 Å². The van der Waals surface area contributed by atoms with Gasteiger partial charge in [0.1, 0.15) is 11.1 Å². The van der Waals surface area contributed by atoms with Crippen LogP contribution >= 0.6 is 0 Å². The molecule has 3 heterocycles.